The summed E-state index contributed by atoms with van der Waals surface area (Å²) in [6.45, 7) is 4.20. The van der Waals surface area contributed by atoms with Crippen molar-refractivity contribution >= 4 is 15.7 Å². The molecule has 2 rings (SSSR count). The second-order valence-corrected chi connectivity index (χ2v) is 6.38. The molecule has 0 unspecified atom stereocenters. The van der Waals surface area contributed by atoms with Crippen LogP contribution in [0, 0.1) is 0 Å². The van der Waals surface area contributed by atoms with E-state index in [0.717, 1.165) is 0 Å². The lowest BCUT2D eigenvalue weighted by atomic mass is 10.0. The molecule has 0 amide bonds. The molecule has 3 nitrogen and oxygen atoms in total. The van der Waals surface area contributed by atoms with Crippen molar-refractivity contribution in [2.45, 2.75) is 24.7 Å². The van der Waals surface area contributed by atoms with Crippen molar-refractivity contribution in [3.63, 3.8) is 0 Å². The number of hydrogen-bond acceptors (Lipinski definition) is 2. The van der Waals surface area contributed by atoms with Gasteiger partial charge in [-0.3, -0.25) is 4.72 Å². The first kappa shape index (κ1) is 13.6. The molecule has 19 heavy (non-hydrogen) atoms. The van der Waals surface area contributed by atoms with Crippen LogP contribution in [0.4, 0.5) is 5.69 Å². The van der Waals surface area contributed by atoms with Gasteiger partial charge in [-0.15, -0.1) is 0 Å². The molecule has 0 spiro atoms. The summed E-state index contributed by atoms with van der Waals surface area (Å²) in [5.41, 5.74) is 1.76. The van der Waals surface area contributed by atoms with Gasteiger partial charge in [-0.1, -0.05) is 44.2 Å². The average molecular weight is 275 g/mol. The first-order valence-corrected chi connectivity index (χ1v) is 7.65. The highest BCUT2D eigenvalue weighted by atomic mass is 32.2. The van der Waals surface area contributed by atoms with Gasteiger partial charge in [-0.2, -0.15) is 0 Å². The molecule has 0 heterocycles. The van der Waals surface area contributed by atoms with E-state index in [4.69, 9.17) is 0 Å². The Morgan fingerprint density at radius 2 is 1.47 bits per heavy atom. The number of benzene rings is 2. The van der Waals surface area contributed by atoms with Gasteiger partial charge < -0.3 is 0 Å². The van der Waals surface area contributed by atoms with E-state index in [0.29, 0.717) is 11.6 Å². The minimum absolute atomic E-state index is 0.267. The third kappa shape index (κ3) is 3.35. The number of nitrogens with one attached hydrogen (secondary N) is 1. The van der Waals surface area contributed by atoms with E-state index >= 15 is 0 Å². The summed E-state index contributed by atoms with van der Waals surface area (Å²) in [5.74, 6) is 0.430. The summed E-state index contributed by atoms with van der Waals surface area (Å²) >= 11 is 0. The molecule has 0 aliphatic carbocycles. The molecule has 1 N–H and O–H groups in total. The van der Waals surface area contributed by atoms with Crippen LogP contribution in [0.3, 0.4) is 0 Å². The number of anilines is 1. The molecule has 0 bridgehead atoms. The molecule has 0 aliphatic heterocycles. The van der Waals surface area contributed by atoms with Gasteiger partial charge in [0.15, 0.2) is 0 Å². The van der Waals surface area contributed by atoms with Crippen LogP contribution in [0.15, 0.2) is 59.5 Å². The Morgan fingerprint density at radius 1 is 0.895 bits per heavy atom. The Kier molecular flexibility index (Phi) is 3.90. The molecular weight excluding hydrogens is 258 g/mol. The van der Waals surface area contributed by atoms with Gasteiger partial charge in [0.25, 0.3) is 10.0 Å². The lowest BCUT2D eigenvalue weighted by molar-refractivity contribution is 0.601. The molecule has 4 heteroatoms. The second-order valence-electron chi connectivity index (χ2n) is 4.70. The zero-order valence-corrected chi connectivity index (χ0v) is 11.8. The fraction of sp³-hybridized carbons (Fsp3) is 0.200. The van der Waals surface area contributed by atoms with Crippen LogP contribution in [-0.4, -0.2) is 8.42 Å². The van der Waals surface area contributed by atoms with Crippen molar-refractivity contribution < 1.29 is 8.42 Å². The van der Waals surface area contributed by atoms with Gasteiger partial charge in [0, 0.05) is 5.69 Å². The average Bonchev–Trinajstić information content (AvgIpc) is 2.40. The Hall–Kier alpha value is -1.81. The number of hydrogen-bond donors (Lipinski definition) is 1. The van der Waals surface area contributed by atoms with Crippen molar-refractivity contribution in [1.82, 2.24) is 0 Å². The zero-order valence-electron chi connectivity index (χ0n) is 11.0. The van der Waals surface area contributed by atoms with Crippen LogP contribution in [0.5, 0.6) is 0 Å². The van der Waals surface area contributed by atoms with Crippen molar-refractivity contribution in [3.8, 4) is 0 Å². The second kappa shape index (κ2) is 5.45. The third-order valence-corrected chi connectivity index (χ3v) is 4.28. The molecule has 0 radical (unpaired) electrons. The van der Waals surface area contributed by atoms with E-state index in [1.54, 1.807) is 42.5 Å². The number of sulfonamides is 1. The molecule has 0 aromatic heterocycles. The molecule has 0 saturated heterocycles. The van der Waals surface area contributed by atoms with E-state index in [1.807, 2.05) is 12.1 Å². The SMILES string of the molecule is CC(C)c1ccc(NS(=O)(=O)c2ccccc2)cc1. The van der Waals surface area contributed by atoms with Crippen LogP contribution in [0.1, 0.15) is 25.3 Å². The minimum atomic E-state index is -3.50. The van der Waals surface area contributed by atoms with E-state index < -0.39 is 10.0 Å². The highest BCUT2D eigenvalue weighted by Crippen LogP contribution is 2.19. The van der Waals surface area contributed by atoms with Crippen LogP contribution in [-0.2, 0) is 10.0 Å². The topological polar surface area (TPSA) is 46.2 Å². The van der Waals surface area contributed by atoms with E-state index in [2.05, 4.69) is 18.6 Å². The van der Waals surface area contributed by atoms with Crippen molar-refractivity contribution in [2.24, 2.45) is 0 Å². The van der Waals surface area contributed by atoms with Gasteiger partial charge in [-0.25, -0.2) is 8.42 Å². The largest absolute Gasteiger partial charge is 0.280 e. The summed E-state index contributed by atoms with van der Waals surface area (Å²) in [6, 6.07) is 15.8. The predicted octanol–water partition coefficient (Wildman–Crippen LogP) is 3.61. The summed E-state index contributed by atoms with van der Waals surface area (Å²) in [7, 11) is -3.50. The Bertz CT molecular complexity index is 632. The Labute approximate surface area is 114 Å². The summed E-state index contributed by atoms with van der Waals surface area (Å²) in [5, 5.41) is 0. The fourth-order valence-electron chi connectivity index (χ4n) is 1.75. The maximum absolute atomic E-state index is 12.1. The predicted molar refractivity (Wildman–Crippen MR) is 77.8 cm³/mol. The normalized spacial score (nSPS) is 11.5. The lowest BCUT2D eigenvalue weighted by Crippen LogP contribution is -2.12. The molecule has 0 atom stereocenters. The minimum Gasteiger partial charge on any atom is -0.280 e. The Balaban J connectivity index is 2.21. The molecule has 0 aliphatic rings. The molecular formula is C15H17NO2S. The first-order valence-electron chi connectivity index (χ1n) is 6.17. The Morgan fingerprint density at radius 3 is 2.00 bits per heavy atom. The molecule has 100 valence electrons. The standard InChI is InChI=1S/C15H17NO2S/c1-12(2)13-8-10-14(11-9-13)16-19(17,18)15-6-4-3-5-7-15/h3-12,16H,1-2H3. The smallest absolute Gasteiger partial charge is 0.261 e. The highest BCUT2D eigenvalue weighted by Gasteiger charge is 2.13. The van der Waals surface area contributed by atoms with Gasteiger partial charge >= 0.3 is 0 Å². The maximum Gasteiger partial charge on any atom is 0.261 e. The van der Waals surface area contributed by atoms with Gasteiger partial charge in [0.1, 0.15) is 0 Å². The van der Waals surface area contributed by atoms with E-state index in [-0.39, 0.29) is 4.90 Å². The summed E-state index contributed by atoms with van der Waals surface area (Å²) in [6.07, 6.45) is 0. The zero-order chi connectivity index (χ0) is 13.9. The summed E-state index contributed by atoms with van der Waals surface area (Å²) < 4.78 is 26.8. The third-order valence-electron chi connectivity index (χ3n) is 2.88. The maximum atomic E-state index is 12.1. The van der Waals surface area contributed by atoms with Crippen molar-refractivity contribution in [3.05, 3.63) is 60.2 Å². The van der Waals surface area contributed by atoms with Gasteiger partial charge in [0.05, 0.1) is 4.90 Å². The molecule has 0 saturated carbocycles. The fourth-order valence-corrected chi connectivity index (χ4v) is 2.83. The first-order chi connectivity index (χ1) is 8.99. The van der Waals surface area contributed by atoms with Crippen LogP contribution in [0.2, 0.25) is 0 Å². The number of rotatable bonds is 4. The van der Waals surface area contributed by atoms with Crippen LogP contribution < -0.4 is 4.72 Å². The van der Waals surface area contributed by atoms with Crippen molar-refractivity contribution in [2.75, 3.05) is 4.72 Å². The van der Waals surface area contributed by atoms with Gasteiger partial charge in [-0.05, 0) is 35.7 Å². The van der Waals surface area contributed by atoms with Crippen LogP contribution in [0.25, 0.3) is 0 Å². The van der Waals surface area contributed by atoms with Crippen molar-refractivity contribution in [1.29, 1.82) is 0 Å². The highest BCUT2D eigenvalue weighted by molar-refractivity contribution is 7.92. The van der Waals surface area contributed by atoms with E-state index in [1.165, 1.54) is 5.56 Å². The van der Waals surface area contributed by atoms with Gasteiger partial charge in [0.2, 0.25) is 0 Å². The monoisotopic (exact) mass is 275 g/mol. The quantitative estimate of drug-likeness (QED) is 0.926. The molecule has 0 fully saturated rings. The molecule has 2 aromatic carbocycles. The summed E-state index contributed by atoms with van der Waals surface area (Å²) in [4.78, 5) is 0.267. The van der Waals surface area contributed by atoms with E-state index in [9.17, 15) is 8.42 Å². The molecule has 2 aromatic rings. The van der Waals surface area contributed by atoms with Crippen LogP contribution >= 0.6 is 0 Å². The lowest BCUT2D eigenvalue weighted by Gasteiger charge is -2.10.